The molecule has 2 atom stereocenters. The Balaban J connectivity index is 2.51. The van der Waals surface area contributed by atoms with Crippen LogP contribution in [-0.2, 0) is 9.47 Å². The molecule has 2 unspecified atom stereocenters. The molecule has 28 heavy (non-hydrogen) atoms. The lowest BCUT2D eigenvalue weighted by molar-refractivity contribution is 0.0408. The summed E-state index contributed by atoms with van der Waals surface area (Å²) in [6, 6.07) is 6.47. The minimum atomic E-state index is -0.362. The van der Waals surface area contributed by atoms with Crippen LogP contribution in [0.25, 0.3) is 0 Å². The van der Waals surface area contributed by atoms with Crippen molar-refractivity contribution in [2.45, 2.75) is 68.2 Å². The summed E-state index contributed by atoms with van der Waals surface area (Å²) in [5.74, 6) is -0.125. The SMILES string of the molecule is CC(COC(=O)c1ccc(C(=O)OCC(C)CC(C)(C)C)cc1)CC(C)(C)C. The molecule has 0 amide bonds. The standard InChI is InChI=1S/C24H38O4/c1-17(13-23(3,4)5)15-27-21(25)19-9-11-20(12-10-19)22(26)28-16-18(2)14-24(6,7)8/h9-12,17-18H,13-16H2,1-8H3. The highest BCUT2D eigenvalue weighted by atomic mass is 16.5. The highest BCUT2D eigenvalue weighted by Crippen LogP contribution is 2.25. The summed E-state index contributed by atoms with van der Waals surface area (Å²) >= 11 is 0. The molecule has 0 bridgehead atoms. The lowest BCUT2D eigenvalue weighted by atomic mass is 9.86. The summed E-state index contributed by atoms with van der Waals surface area (Å²) in [5, 5.41) is 0. The van der Waals surface area contributed by atoms with Crippen molar-refractivity contribution in [2.75, 3.05) is 13.2 Å². The lowest BCUT2D eigenvalue weighted by Gasteiger charge is -2.23. The molecule has 0 aliphatic heterocycles. The van der Waals surface area contributed by atoms with Crippen LogP contribution in [-0.4, -0.2) is 25.2 Å². The molecule has 0 fully saturated rings. The Hall–Kier alpha value is -1.84. The van der Waals surface area contributed by atoms with E-state index in [0.29, 0.717) is 36.2 Å². The molecular formula is C24H38O4. The van der Waals surface area contributed by atoms with Crippen LogP contribution in [0, 0.1) is 22.7 Å². The Kier molecular flexibility index (Phi) is 8.72. The molecular weight excluding hydrogens is 352 g/mol. The van der Waals surface area contributed by atoms with Gasteiger partial charge in [-0.3, -0.25) is 0 Å². The zero-order valence-electron chi connectivity index (χ0n) is 18.9. The Morgan fingerprint density at radius 2 is 1.00 bits per heavy atom. The monoisotopic (exact) mass is 390 g/mol. The molecule has 0 N–H and O–H groups in total. The van der Waals surface area contributed by atoms with Gasteiger partial charge in [-0.25, -0.2) is 9.59 Å². The number of hydrogen-bond donors (Lipinski definition) is 0. The van der Waals surface area contributed by atoms with Gasteiger partial charge in [0.05, 0.1) is 24.3 Å². The molecule has 158 valence electrons. The summed E-state index contributed by atoms with van der Waals surface area (Å²) < 4.78 is 10.8. The fourth-order valence-electron chi connectivity index (χ4n) is 3.55. The minimum absolute atomic E-state index is 0.207. The maximum Gasteiger partial charge on any atom is 0.338 e. The Morgan fingerprint density at radius 1 is 0.714 bits per heavy atom. The molecule has 0 radical (unpaired) electrons. The first-order valence-corrected chi connectivity index (χ1v) is 10.2. The van der Waals surface area contributed by atoms with Crippen LogP contribution in [0.5, 0.6) is 0 Å². The second-order valence-electron chi connectivity index (χ2n) is 10.5. The number of carbonyl (C=O) groups is 2. The van der Waals surface area contributed by atoms with E-state index in [4.69, 9.17) is 9.47 Å². The zero-order valence-corrected chi connectivity index (χ0v) is 18.9. The van der Waals surface area contributed by atoms with Gasteiger partial charge in [0, 0.05) is 0 Å². The number of rotatable bonds is 8. The van der Waals surface area contributed by atoms with Gasteiger partial charge in [0.25, 0.3) is 0 Å². The van der Waals surface area contributed by atoms with Crippen molar-refractivity contribution in [3.05, 3.63) is 35.4 Å². The lowest BCUT2D eigenvalue weighted by Crippen LogP contribution is -2.18. The van der Waals surface area contributed by atoms with Crippen LogP contribution in [0.4, 0.5) is 0 Å². The van der Waals surface area contributed by atoms with E-state index in [1.807, 2.05) is 0 Å². The maximum absolute atomic E-state index is 12.2. The molecule has 0 aliphatic carbocycles. The van der Waals surface area contributed by atoms with Gasteiger partial charge in [-0.05, 0) is 59.8 Å². The summed E-state index contributed by atoms with van der Waals surface area (Å²) in [5.41, 5.74) is 1.30. The maximum atomic E-state index is 12.2. The fourth-order valence-corrected chi connectivity index (χ4v) is 3.55. The summed E-state index contributed by atoms with van der Waals surface area (Å²) in [6.45, 7) is 18.0. The Bertz CT molecular complexity index is 575. The molecule has 4 heteroatoms. The fraction of sp³-hybridized carbons (Fsp3) is 0.667. The number of esters is 2. The predicted octanol–water partition coefficient (Wildman–Crippen LogP) is 6.14. The molecule has 0 saturated heterocycles. The molecule has 0 heterocycles. The first-order valence-electron chi connectivity index (χ1n) is 10.2. The van der Waals surface area contributed by atoms with Crippen molar-refractivity contribution >= 4 is 11.9 Å². The summed E-state index contributed by atoms with van der Waals surface area (Å²) in [4.78, 5) is 24.4. The second-order valence-corrected chi connectivity index (χ2v) is 10.5. The van der Waals surface area contributed by atoms with Crippen molar-refractivity contribution < 1.29 is 19.1 Å². The number of hydrogen-bond acceptors (Lipinski definition) is 4. The number of carbonyl (C=O) groups excluding carboxylic acids is 2. The van der Waals surface area contributed by atoms with Gasteiger partial charge >= 0.3 is 11.9 Å². The molecule has 1 aromatic rings. The van der Waals surface area contributed by atoms with Crippen LogP contribution in [0.3, 0.4) is 0 Å². The smallest absolute Gasteiger partial charge is 0.338 e. The molecule has 0 saturated carbocycles. The first kappa shape index (κ1) is 24.2. The van der Waals surface area contributed by atoms with Crippen molar-refractivity contribution in [3.63, 3.8) is 0 Å². The highest BCUT2D eigenvalue weighted by molar-refractivity contribution is 5.93. The topological polar surface area (TPSA) is 52.6 Å². The Labute approximate surface area is 171 Å². The average Bonchev–Trinajstić information content (AvgIpc) is 2.54. The molecule has 0 aromatic heterocycles. The largest absolute Gasteiger partial charge is 0.462 e. The van der Waals surface area contributed by atoms with E-state index >= 15 is 0 Å². The van der Waals surface area contributed by atoms with Gasteiger partial charge in [-0.1, -0.05) is 55.4 Å². The third-order valence-corrected chi connectivity index (χ3v) is 4.28. The molecule has 0 aliphatic rings. The second kappa shape index (κ2) is 10.1. The average molecular weight is 391 g/mol. The Morgan fingerprint density at radius 3 is 1.25 bits per heavy atom. The van der Waals surface area contributed by atoms with Gasteiger partial charge < -0.3 is 9.47 Å². The first-order chi connectivity index (χ1) is 12.8. The normalized spacial score (nSPS) is 14.3. The van der Waals surface area contributed by atoms with Gasteiger partial charge in [-0.2, -0.15) is 0 Å². The van der Waals surface area contributed by atoms with Crippen LogP contribution in [0.2, 0.25) is 0 Å². The van der Waals surface area contributed by atoms with Crippen LogP contribution >= 0.6 is 0 Å². The third kappa shape index (κ3) is 9.91. The van der Waals surface area contributed by atoms with Crippen molar-refractivity contribution in [2.24, 2.45) is 22.7 Å². The third-order valence-electron chi connectivity index (χ3n) is 4.28. The predicted molar refractivity (Wildman–Crippen MR) is 113 cm³/mol. The van der Waals surface area contributed by atoms with Gasteiger partial charge in [0.15, 0.2) is 0 Å². The van der Waals surface area contributed by atoms with E-state index < -0.39 is 0 Å². The van der Waals surface area contributed by atoms with Crippen molar-refractivity contribution in [3.8, 4) is 0 Å². The number of benzene rings is 1. The van der Waals surface area contributed by atoms with Gasteiger partial charge in [-0.15, -0.1) is 0 Å². The molecule has 1 rings (SSSR count). The van der Waals surface area contributed by atoms with Gasteiger partial charge in [0.2, 0.25) is 0 Å². The van der Waals surface area contributed by atoms with Crippen molar-refractivity contribution in [1.82, 2.24) is 0 Å². The summed E-state index contributed by atoms with van der Waals surface area (Å²) in [7, 11) is 0. The highest BCUT2D eigenvalue weighted by Gasteiger charge is 2.19. The van der Waals surface area contributed by atoms with E-state index in [1.54, 1.807) is 24.3 Å². The van der Waals surface area contributed by atoms with Crippen molar-refractivity contribution in [1.29, 1.82) is 0 Å². The molecule has 1 aromatic carbocycles. The number of ether oxygens (including phenoxy) is 2. The quantitative estimate of drug-likeness (QED) is 0.500. The minimum Gasteiger partial charge on any atom is -0.462 e. The van der Waals surface area contributed by atoms with E-state index in [9.17, 15) is 9.59 Å². The van der Waals surface area contributed by atoms with E-state index in [1.165, 1.54) is 0 Å². The van der Waals surface area contributed by atoms with Crippen LogP contribution < -0.4 is 0 Å². The van der Waals surface area contributed by atoms with Gasteiger partial charge in [0.1, 0.15) is 0 Å². The van der Waals surface area contributed by atoms with E-state index in [2.05, 4.69) is 55.4 Å². The zero-order chi connectivity index (χ0) is 21.5. The molecule has 0 spiro atoms. The van der Waals surface area contributed by atoms with Crippen LogP contribution in [0.15, 0.2) is 24.3 Å². The van der Waals surface area contributed by atoms with Crippen LogP contribution in [0.1, 0.15) is 88.9 Å². The molecule has 4 nitrogen and oxygen atoms in total. The van der Waals surface area contributed by atoms with E-state index in [0.717, 1.165) is 12.8 Å². The summed E-state index contributed by atoms with van der Waals surface area (Å²) in [6.07, 6.45) is 1.97. The van der Waals surface area contributed by atoms with E-state index in [-0.39, 0.29) is 22.8 Å².